The van der Waals surface area contributed by atoms with Gasteiger partial charge in [0.25, 0.3) is 5.56 Å². The van der Waals surface area contributed by atoms with Gasteiger partial charge in [-0.05, 0) is 50.6 Å². The Balaban J connectivity index is 1.47. The van der Waals surface area contributed by atoms with E-state index in [0.717, 1.165) is 26.7 Å². The van der Waals surface area contributed by atoms with Crippen LogP contribution in [0.5, 0.6) is 0 Å². The largest absolute Gasteiger partial charge is 0.326 e. The van der Waals surface area contributed by atoms with Crippen molar-refractivity contribution in [2.75, 3.05) is 5.32 Å². The molecule has 148 valence electrons. The summed E-state index contributed by atoms with van der Waals surface area (Å²) in [5, 5.41) is 7.83. The van der Waals surface area contributed by atoms with Gasteiger partial charge in [0.1, 0.15) is 4.83 Å². The number of benzene rings is 1. The summed E-state index contributed by atoms with van der Waals surface area (Å²) in [6.07, 6.45) is 3.44. The van der Waals surface area contributed by atoms with Crippen molar-refractivity contribution in [3.8, 4) is 5.69 Å². The van der Waals surface area contributed by atoms with Gasteiger partial charge in [-0.2, -0.15) is 5.10 Å². The number of nitrogens with one attached hydrogen (secondary N) is 1. The maximum absolute atomic E-state index is 12.7. The number of hydrogen-bond acceptors (Lipinski definition) is 5. The van der Waals surface area contributed by atoms with E-state index in [4.69, 9.17) is 0 Å². The van der Waals surface area contributed by atoms with Gasteiger partial charge >= 0.3 is 0 Å². The minimum atomic E-state index is -0.162. The van der Waals surface area contributed by atoms with Gasteiger partial charge < -0.3 is 5.32 Å². The molecule has 0 aliphatic rings. The fraction of sp³-hybridized carbons (Fsp3) is 0.238. The highest BCUT2D eigenvalue weighted by molar-refractivity contribution is 7.18. The molecule has 0 spiro atoms. The Morgan fingerprint density at radius 3 is 2.79 bits per heavy atom. The lowest BCUT2D eigenvalue weighted by atomic mass is 10.2. The molecule has 0 unspecified atom stereocenters. The molecule has 0 bridgehead atoms. The lowest BCUT2D eigenvalue weighted by Crippen LogP contribution is -2.23. The first-order chi connectivity index (χ1) is 13.9. The van der Waals surface area contributed by atoms with Crippen molar-refractivity contribution in [2.45, 2.75) is 33.7 Å². The normalized spacial score (nSPS) is 11.1. The van der Waals surface area contributed by atoms with E-state index in [-0.39, 0.29) is 24.4 Å². The molecule has 1 amide bonds. The smallest absolute Gasteiger partial charge is 0.262 e. The number of fused-ring (bicyclic) bond motifs is 1. The third-order valence-electron chi connectivity index (χ3n) is 4.94. The molecule has 8 heteroatoms. The van der Waals surface area contributed by atoms with Gasteiger partial charge in [-0.15, -0.1) is 11.3 Å². The summed E-state index contributed by atoms with van der Waals surface area (Å²) in [7, 11) is 0. The van der Waals surface area contributed by atoms with Crippen LogP contribution in [0.2, 0.25) is 0 Å². The molecule has 0 saturated carbocycles. The Kier molecular flexibility index (Phi) is 5.02. The number of thiophene rings is 1. The van der Waals surface area contributed by atoms with E-state index in [1.165, 1.54) is 22.2 Å². The predicted octanol–water partition coefficient (Wildman–Crippen LogP) is 3.60. The standard InChI is InChI=1S/C21H21N5O2S/c1-13-7-9-23-26(13)17-6-4-5-16(11-17)24-18(27)8-10-25-12-22-20-19(21(25)28)14(2)15(3)29-20/h4-7,9,11-12H,8,10H2,1-3H3,(H,24,27). The van der Waals surface area contributed by atoms with Crippen molar-refractivity contribution in [2.24, 2.45) is 0 Å². The molecule has 1 N–H and O–H groups in total. The fourth-order valence-electron chi connectivity index (χ4n) is 3.23. The monoisotopic (exact) mass is 407 g/mol. The van der Waals surface area contributed by atoms with E-state index in [1.807, 2.05) is 51.1 Å². The Hall–Kier alpha value is -3.26. The lowest BCUT2D eigenvalue weighted by Gasteiger charge is -2.09. The maximum Gasteiger partial charge on any atom is 0.262 e. The highest BCUT2D eigenvalue weighted by atomic mass is 32.1. The second-order valence-electron chi connectivity index (χ2n) is 6.94. The molecular formula is C21H21N5O2S. The molecule has 7 nitrogen and oxygen atoms in total. The lowest BCUT2D eigenvalue weighted by molar-refractivity contribution is -0.116. The van der Waals surface area contributed by atoms with Crippen molar-refractivity contribution >= 4 is 33.1 Å². The first-order valence-electron chi connectivity index (χ1n) is 9.30. The molecule has 3 heterocycles. The minimum absolute atomic E-state index is 0.0965. The van der Waals surface area contributed by atoms with E-state index < -0.39 is 0 Å². The van der Waals surface area contributed by atoms with Crippen LogP contribution in [0.25, 0.3) is 15.9 Å². The summed E-state index contributed by atoms with van der Waals surface area (Å²) in [5.41, 5.74) is 3.44. The molecular weight excluding hydrogens is 386 g/mol. The second kappa shape index (κ2) is 7.63. The van der Waals surface area contributed by atoms with Gasteiger partial charge in [0.15, 0.2) is 0 Å². The van der Waals surface area contributed by atoms with Crippen LogP contribution in [0, 0.1) is 20.8 Å². The van der Waals surface area contributed by atoms with Crippen LogP contribution < -0.4 is 10.9 Å². The molecule has 0 fully saturated rings. The SMILES string of the molecule is Cc1sc2ncn(CCC(=O)Nc3cccc(-n4nccc4C)c3)c(=O)c2c1C. The van der Waals surface area contributed by atoms with E-state index in [0.29, 0.717) is 11.1 Å². The number of carbonyl (C=O) groups excluding carboxylic acids is 1. The highest BCUT2D eigenvalue weighted by Gasteiger charge is 2.13. The fourth-order valence-corrected chi connectivity index (χ4v) is 4.22. The summed E-state index contributed by atoms with van der Waals surface area (Å²) >= 11 is 1.52. The van der Waals surface area contributed by atoms with Crippen LogP contribution in [0.3, 0.4) is 0 Å². The minimum Gasteiger partial charge on any atom is -0.326 e. The zero-order chi connectivity index (χ0) is 20.5. The molecule has 4 aromatic rings. The quantitative estimate of drug-likeness (QED) is 0.548. The number of rotatable bonds is 5. The van der Waals surface area contributed by atoms with Crippen LogP contribution >= 0.6 is 11.3 Å². The van der Waals surface area contributed by atoms with Gasteiger partial charge in [-0.3, -0.25) is 14.2 Å². The number of hydrogen-bond donors (Lipinski definition) is 1. The summed E-state index contributed by atoms with van der Waals surface area (Å²) in [5.74, 6) is -0.162. The molecule has 0 saturated heterocycles. The summed E-state index contributed by atoms with van der Waals surface area (Å²) < 4.78 is 3.31. The van der Waals surface area contributed by atoms with Crippen LogP contribution in [-0.2, 0) is 11.3 Å². The molecule has 29 heavy (non-hydrogen) atoms. The zero-order valence-corrected chi connectivity index (χ0v) is 17.3. The number of aryl methyl sites for hydroxylation is 4. The zero-order valence-electron chi connectivity index (χ0n) is 16.5. The first kappa shape index (κ1) is 19.1. The third kappa shape index (κ3) is 3.71. The topological polar surface area (TPSA) is 81.8 Å². The van der Waals surface area contributed by atoms with Gasteiger partial charge in [0.05, 0.1) is 17.4 Å². The van der Waals surface area contributed by atoms with E-state index in [9.17, 15) is 9.59 Å². The molecule has 0 aliphatic heterocycles. The number of carbonyl (C=O) groups is 1. The highest BCUT2D eigenvalue weighted by Crippen LogP contribution is 2.25. The second-order valence-corrected chi connectivity index (χ2v) is 8.14. The van der Waals surface area contributed by atoms with Crippen molar-refractivity contribution in [3.63, 3.8) is 0 Å². The maximum atomic E-state index is 12.7. The van der Waals surface area contributed by atoms with Gasteiger partial charge in [0.2, 0.25) is 5.91 Å². The average molecular weight is 407 g/mol. The van der Waals surface area contributed by atoms with Crippen molar-refractivity contribution in [1.29, 1.82) is 0 Å². The number of amides is 1. The number of aromatic nitrogens is 4. The van der Waals surface area contributed by atoms with Crippen LogP contribution in [-0.4, -0.2) is 25.2 Å². The van der Waals surface area contributed by atoms with E-state index in [1.54, 1.807) is 10.9 Å². The molecule has 4 rings (SSSR count). The molecule has 3 aromatic heterocycles. The summed E-state index contributed by atoms with van der Waals surface area (Å²) in [4.78, 5) is 31.4. The van der Waals surface area contributed by atoms with Gasteiger partial charge in [0, 0.05) is 35.4 Å². The number of anilines is 1. The molecule has 0 aliphatic carbocycles. The van der Waals surface area contributed by atoms with E-state index in [2.05, 4.69) is 15.4 Å². The van der Waals surface area contributed by atoms with Crippen molar-refractivity contribution in [3.05, 3.63) is 69.3 Å². The average Bonchev–Trinajstić information content (AvgIpc) is 3.25. The molecule has 0 atom stereocenters. The van der Waals surface area contributed by atoms with Crippen molar-refractivity contribution < 1.29 is 4.79 Å². The van der Waals surface area contributed by atoms with Gasteiger partial charge in [-0.1, -0.05) is 6.07 Å². The Labute approximate surface area is 171 Å². The van der Waals surface area contributed by atoms with E-state index >= 15 is 0 Å². The predicted molar refractivity (Wildman–Crippen MR) is 115 cm³/mol. The third-order valence-corrected chi connectivity index (χ3v) is 6.06. The Morgan fingerprint density at radius 1 is 1.21 bits per heavy atom. The molecule has 1 aromatic carbocycles. The van der Waals surface area contributed by atoms with Crippen molar-refractivity contribution in [1.82, 2.24) is 19.3 Å². The summed E-state index contributed by atoms with van der Waals surface area (Å²) in [6, 6.07) is 9.43. The number of nitrogens with zero attached hydrogens (tertiary/aromatic N) is 4. The van der Waals surface area contributed by atoms with Crippen LogP contribution in [0.15, 0.2) is 47.7 Å². The Morgan fingerprint density at radius 2 is 2.03 bits per heavy atom. The van der Waals surface area contributed by atoms with Gasteiger partial charge in [-0.25, -0.2) is 9.67 Å². The van der Waals surface area contributed by atoms with Crippen LogP contribution in [0.1, 0.15) is 22.6 Å². The molecule has 0 radical (unpaired) electrons. The summed E-state index contributed by atoms with van der Waals surface area (Å²) in [6.45, 7) is 6.16. The first-order valence-corrected chi connectivity index (χ1v) is 10.1. The van der Waals surface area contributed by atoms with Crippen LogP contribution in [0.4, 0.5) is 5.69 Å². The Bertz CT molecular complexity index is 1270.